The molecular weight excluding hydrogens is 325 g/mol. The maximum absolute atomic E-state index is 13.6. The first kappa shape index (κ1) is 17.2. The molecule has 0 saturated carbocycles. The van der Waals surface area contributed by atoms with Crippen molar-refractivity contribution >= 4 is 11.7 Å². The number of hydrogen-bond acceptors (Lipinski definition) is 4. The summed E-state index contributed by atoms with van der Waals surface area (Å²) in [5.74, 6) is 0.974. The number of aromatic nitrogens is 3. The number of ether oxygens (including phenoxy) is 1. The number of anilines is 1. The predicted octanol–water partition coefficient (Wildman–Crippen LogP) is 2.86. The van der Waals surface area contributed by atoms with E-state index in [1.807, 2.05) is 11.5 Å². The number of halogens is 1. The van der Waals surface area contributed by atoms with Crippen LogP contribution in [-0.4, -0.2) is 45.9 Å². The highest BCUT2D eigenvalue weighted by Crippen LogP contribution is 2.26. The number of amides is 2. The molecule has 1 aliphatic rings. The molecular formula is C17H22FN5O2. The lowest BCUT2D eigenvalue weighted by Crippen LogP contribution is -2.42. The standard InChI is InChI=1S/C17H22FN5O2/c1-3-22-11-19-21-16(22)12-5-4-6-23(10-12)17(24)20-14-7-13(18)8-15(9-14)25-2/h7-9,11-12H,3-6,10H2,1-2H3,(H,20,24). The smallest absolute Gasteiger partial charge is 0.321 e. The Labute approximate surface area is 145 Å². The van der Waals surface area contributed by atoms with Gasteiger partial charge in [-0.15, -0.1) is 10.2 Å². The van der Waals surface area contributed by atoms with Crippen LogP contribution in [0.1, 0.15) is 31.5 Å². The topological polar surface area (TPSA) is 72.3 Å². The van der Waals surface area contributed by atoms with Gasteiger partial charge in [0, 0.05) is 43.4 Å². The highest BCUT2D eigenvalue weighted by molar-refractivity contribution is 5.89. The summed E-state index contributed by atoms with van der Waals surface area (Å²) in [7, 11) is 1.46. The molecule has 25 heavy (non-hydrogen) atoms. The van der Waals surface area contributed by atoms with Crippen molar-refractivity contribution < 1.29 is 13.9 Å². The summed E-state index contributed by atoms with van der Waals surface area (Å²) in [6, 6.07) is 3.88. The van der Waals surface area contributed by atoms with E-state index in [1.54, 1.807) is 17.3 Å². The molecule has 7 nitrogen and oxygen atoms in total. The zero-order valence-corrected chi connectivity index (χ0v) is 14.4. The van der Waals surface area contributed by atoms with Crippen LogP contribution < -0.4 is 10.1 Å². The Morgan fingerprint density at radius 3 is 3.04 bits per heavy atom. The lowest BCUT2D eigenvalue weighted by Gasteiger charge is -2.32. The van der Waals surface area contributed by atoms with Crippen LogP contribution in [0.5, 0.6) is 5.75 Å². The number of methoxy groups -OCH3 is 1. The molecule has 0 bridgehead atoms. The van der Waals surface area contributed by atoms with Gasteiger partial charge in [-0.1, -0.05) is 0 Å². The van der Waals surface area contributed by atoms with Crippen LogP contribution in [0.4, 0.5) is 14.9 Å². The van der Waals surface area contributed by atoms with Crippen molar-refractivity contribution in [2.24, 2.45) is 0 Å². The van der Waals surface area contributed by atoms with Gasteiger partial charge in [0.15, 0.2) is 0 Å². The van der Waals surface area contributed by atoms with Crippen LogP contribution in [0.25, 0.3) is 0 Å². The molecule has 1 atom stereocenters. The highest BCUT2D eigenvalue weighted by Gasteiger charge is 2.27. The Kier molecular flexibility index (Phi) is 5.16. The van der Waals surface area contributed by atoms with E-state index in [0.717, 1.165) is 25.2 Å². The molecule has 1 aliphatic heterocycles. The first-order chi connectivity index (χ1) is 12.1. The molecule has 1 aromatic heterocycles. The third kappa shape index (κ3) is 3.89. The van der Waals surface area contributed by atoms with Crippen LogP contribution >= 0.6 is 0 Å². The zero-order chi connectivity index (χ0) is 17.8. The van der Waals surface area contributed by atoms with Crippen molar-refractivity contribution in [3.63, 3.8) is 0 Å². The quantitative estimate of drug-likeness (QED) is 0.923. The van der Waals surface area contributed by atoms with Crippen molar-refractivity contribution in [3.05, 3.63) is 36.2 Å². The maximum Gasteiger partial charge on any atom is 0.321 e. The van der Waals surface area contributed by atoms with E-state index < -0.39 is 5.82 Å². The number of carbonyl (C=O) groups excluding carboxylic acids is 1. The van der Waals surface area contributed by atoms with Crippen LogP contribution in [0, 0.1) is 5.82 Å². The Hall–Kier alpha value is -2.64. The number of piperidine rings is 1. The number of nitrogens with one attached hydrogen (secondary N) is 1. The number of likely N-dealkylation sites (tertiary alicyclic amines) is 1. The molecule has 1 N–H and O–H groups in total. The third-order valence-electron chi connectivity index (χ3n) is 4.42. The van der Waals surface area contributed by atoms with Gasteiger partial charge in [-0.2, -0.15) is 0 Å². The molecule has 134 valence electrons. The van der Waals surface area contributed by atoms with E-state index in [0.29, 0.717) is 24.5 Å². The van der Waals surface area contributed by atoms with Gasteiger partial charge < -0.3 is 19.5 Å². The Bertz CT molecular complexity index is 748. The summed E-state index contributed by atoms with van der Waals surface area (Å²) in [6.45, 7) is 4.07. The molecule has 0 spiro atoms. The molecule has 8 heteroatoms. The van der Waals surface area contributed by atoms with E-state index in [-0.39, 0.29) is 11.9 Å². The van der Waals surface area contributed by atoms with Gasteiger partial charge in [0.25, 0.3) is 0 Å². The number of rotatable bonds is 4. The number of aryl methyl sites for hydroxylation is 1. The van der Waals surface area contributed by atoms with Crippen LogP contribution in [0.15, 0.2) is 24.5 Å². The van der Waals surface area contributed by atoms with Crippen molar-refractivity contribution in [2.45, 2.75) is 32.2 Å². The molecule has 1 unspecified atom stereocenters. The molecule has 1 fully saturated rings. The second-order valence-corrected chi connectivity index (χ2v) is 6.07. The lowest BCUT2D eigenvalue weighted by atomic mass is 9.97. The zero-order valence-electron chi connectivity index (χ0n) is 14.4. The minimum absolute atomic E-state index is 0.156. The summed E-state index contributed by atoms with van der Waals surface area (Å²) in [4.78, 5) is 14.3. The van der Waals surface area contributed by atoms with Gasteiger partial charge in [0.2, 0.25) is 0 Å². The number of hydrogen-bond donors (Lipinski definition) is 1. The molecule has 2 aromatic rings. The average molecular weight is 347 g/mol. The van der Waals surface area contributed by atoms with E-state index in [1.165, 1.54) is 19.2 Å². The minimum Gasteiger partial charge on any atom is -0.497 e. The summed E-state index contributed by atoms with van der Waals surface area (Å²) < 4.78 is 20.6. The highest BCUT2D eigenvalue weighted by atomic mass is 19.1. The van der Waals surface area contributed by atoms with Crippen molar-refractivity contribution in [1.82, 2.24) is 19.7 Å². The fourth-order valence-corrected chi connectivity index (χ4v) is 3.15. The largest absolute Gasteiger partial charge is 0.497 e. The van der Waals surface area contributed by atoms with Gasteiger partial charge in [-0.05, 0) is 25.8 Å². The normalized spacial score (nSPS) is 17.4. The first-order valence-electron chi connectivity index (χ1n) is 8.39. The van der Waals surface area contributed by atoms with Crippen LogP contribution in [0.3, 0.4) is 0 Å². The maximum atomic E-state index is 13.6. The van der Waals surface area contributed by atoms with Crippen LogP contribution in [-0.2, 0) is 6.54 Å². The summed E-state index contributed by atoms with van der Waals surface area (Å²) in [5, 5.41) is 10.9. The molecule has 3 rings (SSSR count). The van der Waals surface area contributed by atoms with E-state index in [4.69, 9.17) is 4.74 Å². The number of urea groups is 1. The Balaban J connectivity index is 1.69. The van der Waals surface area contributed by atoms with Gasteiger partial charge >= 0.3 is 6.03 Å². The SMILES string of the molecule is CCn1cnnc1C1CCCN(C(=O)Nc2cc(F)cc(OC)c2)C1. The summed E-state index contributed by atoms with van der Waals surface area (Å²) >= 11 is 0. The van der Waals surface area contributed by atoms with Crippen LogP contribution in [0.2, 0.25) is 0 Å². The minimum atomic E-state index is -0.456. The second-order valence-electron chi connectivity index (χ2n) is 6.07. The van der Waals surface area contributed by atoms with Crippen molar-refractivity contribution in [1.29, 1.82) is 0 Å². The van der Waals surface area contributed by atoms with E-state index >= 15 is 0 Å². The monoisotopic (exact) mass is 347 g/mol. The van der Waals surface area contributed by atoms with Gasteiger partial charge in [-0.25, -0.2) is 9.18 Å². The summed E-state index contributed by atoms with van der Waals surface area (Å²) in [6.07, 6.45) is 3.57. The van der Waals surface area contributed by atoms with Crippen molar-refractivity contribution in [2.75, 3.05) is 25.5 Å². The number of benzene rings is 1. The number of nitrogens with zero attached hydrogens (tertiary/aromatic N) is 4. The predicted molar refractivity (Wildman–Crippen MR) is 91.2 cm³/mol. The Morgan fingerprint density at radius 1 is 1.44 bits per heavy atom. The first-order valence-corrected chi connectivity index (χ1v) is 8.39. The van der Waals surface area contributed by atoms with Gasteiger partial charge in [0.05, 0.1) is 7.11 Å². The Morgan fingerprint density at radius 2 is 2.28 bits per heavy atom. The lowest BCUT2D eigenvalue weighted by molar-refractivity contribution is 0.190. The molecule has 0 radical (unpaired) electrons. The molecule has 2 amide bonds. The fraction of sp³-hybridized carbons (Fsp3) is 0.471. The molecule has 1 saturated heterocycles. The third-order valence-corrected chi connectivity index (χ3v) is 4.42. The summed E-state index contributed by atoms with van der Waals surface area (Å²) in [5.41, 5.74) is 0.376. The fourth-order valence-electron chi connectivity index (χ4n) is 3.15. The molecule has 0 aliphatic carbocycles. The number of carbonyl (C=O) groups is 1. The van der Waals surface area contributed by atoms with E-state index in [2.05, 4.69) is 15.5 Å². The van der Waals surface area contributed by atoms with Crippen molar-refractivity contribution in [3.8, 4) is 5.75 Å². The van der Waals surface area contributed by atoms with Gasteiger partial charge in [0.1, 0.15) is 23.7 Å². The van der Waals surface area contributed by atoms with Gasteiger partial charge in [-0.3, -0.25) is 0 Å². The molecule has 1 aromatic carbocycles. The molecule has 2 heterocycles. The second kappa shape index (κ2) is 7.50. The average Bonchev–Trinajstić information content (AvgIpc) is 3.10. The van der Waals surface area contributed by atoms with E-state index in [9.17, 15) is 9.18 Å².